The van der Waals surface area contributed by atoms with E-state index in [0.717, 1.165) is 18.1 Å². The Morgan fingerprint density at radius 2 is 2.15 bits per heavy atom. The van der Waals surface area contributed by atoms with Gasteiger partial charge in [0.1, 0.15) is 17.9 Å². The first-order valence-electron chi connectivity index (χ1n) is 4.53. The van der Waals surface area contributed by atoms with Crippen LogP contribution in [-0.2, 0) is 17.6 Å². The Balaban J connectivity index is 1.95. The summed E-state index contributed by atoms with van der Waals surface area (Å²) in [7, 11) is 0. The van der Waals surface area contributed by atoms with Crippen molar-refractivity contribution in [3.05, 3.63) is 23.7 Å². The van der Waals surface area contributed by atoms with Crippen LogP contribution < -0.4 is 0 Å². The lowest BCUT2D eigenvalue weighted by Crippen LogP contribution is -1.98. The van der Waals surface area contributed by atoms with Crippen LogP contribution in [0.1, 0.15) is 24.4 Å². The predicted molar refractivity (Wildman–Crippen MR) is 46.5 cm³/mol. The molecule has 13 heavy (non-hydrogen) atoms. The zero-order valence-corrected chi connectivity index (χ0v) is 7.32. The third kappa shape index (κ3) is 2.34. The average molecular weight is 180 g/mol. The van der Waals surface area contributed by atoms with Crippen LogP contribution >= 0.6 is 0 Å². The molecule has 1 N–H and O–H groups in total. The zero-order valence-electron chi connectivity index (χ0n) is 7.32. The largest absolute Gasteiger partial charge is 0.481 e. The number of aliphatic carboxylic acids is 1. The van der Waals surface area contributed by atoms with Gasteiger partial charge in [-0.05, 0) is 30.9 Å². The van der Waals surface area contributed by atoms with Crippen molar-refractivity contribution in [2.24, 2.45) is 5.92 Å². The molecule has 1 aliphatic carbocycles. The summed E-state index contributed by atoms with van der Waals surface area (Å²) in [6, 6.07) is 3.64. The molecule has 3 nitrogen and oxygen atoms in total. The van der Waals surface area contributed by atoms with Gasteiger partial charge in [0, 0.05) is 6.42 Å². The van der Waals surface area contributed by atoms with Crippen molar-refractivity contribution >= 4 is 5.97 Å². The van der Waals surface area contributed by atoms with E-state index in [4.69, 9.17) is 9.52 Å². The average Bonchev–Trinajstić information content (AvgIpc) is 2.73. The van der Waals surface area contributed by atoms with E-state index in [9.17, 15) is 4.79 Å². The molecule has 1 aromatic heterocycles. The summed E-state index contributed by atoms with van der Waals surface area (Å²) in [6.45, 7) is 0. The molecule has 3 heteroatoms. The Hall–Kier alpha value is -1.25. The predicted octanol–water partition coefficient (Wildman–Crippen LogP) is 1.86. The summed E-state index contributed by atoms with van der Waals surface area (Å²) in [5.74, 6) is 1.43. The molecule has 1 aliphatic rings. The van der Waals surface area contributed by atoms with Gasteiger partial charge in [0.25, 0.3) is 0 Å². The Labute approximate surface area is 76.4 Å². The molecule has 2 rings (SSSR count). The van der Waals surface area contributed by atoms with Crippen LogP contribution in [0.2, 0.25) is 0 Å². The molecule has 0 aromatic carbocycles. The highest BCUT2D eigenvalue weighted by atomic mass is 16.4. The first kappa shape index (κ1) is 8.35. The number of carboxylic acid groups (broad SMARTS) is 1. The van der Waals surface area contributed by atoms with Crippen molar-refractivity contribution in [3.63, 3.8) is 0 Å². The fourth-order valence-corrected chi connectivity index (χ4v) is 1.38. The topological polar surface area (TPSA) is 50.4 Å². The van der Waals surface area contributed by atoms with E-state index in [1.165, 1.54) is 12.8 Å². The van der Waals surface area contributed by atoms with Gasteiger partial charge in [-0.25, -0.2) is 0 Å². The first-order chi connectivity index (χ1) is 6.24. The van der Waals surface area contributed by atoms with Crippen molar-refractivity contribution in [2.45, 2.75) is 25.7 Å². The lowest BCUT2D eigenvalue weighted by Gasteiger charge is -1.92. The van der Waals surface area contributed by atoms with Crippen molar-refractivity contribution in [1.82, 2.24) is 0 Å². The first-order valence-corrected chi connectivity index (χ1v) is 4.53. The molecule has 0 bridgehead atoms. The summed E-state index contributed by atoms with van der Waals surface area (Å²) in [5.41, 5.74) is 0. The summed E-state index contributed by atoms with van der Waals surface area (Å²) in [6.07, 6.45) is 3.54. The van der Waals surface area contributed by atoms with Gasteiger partial charge in [-0.3, -0.25) is 4.79 Å². The van der Waals surface area contributed by atoms with Gasteiger partial charge in [0.05, 0.1) is 0 Å². The molecule has 0 atom stereocenters. The molecule has 0 amide bonds. The van der Waals surface area contributed by atoms with Crippen LogP contribution in [0.5, 0.6) is 0 Å². The third-order valence-electron chi connectivity index (χ3n) is 2.23. The molecule has 1 aromatic rings. The van der Waals surface area contributed by atoms with Crippen molar-refractivity contribution < 1.29 is 14.3 Å². The number of hydrogen-bond acceptors (Lipinski definition) is 2. The van der Waals surface area contributed by atoms with Crippen molar-refractivity contribution in [2.75, 3.05) is 0 Å². The minimum absolute atomic E-state index is 0.00926. The molecule has 0 saturated heterocycles. The lowest BCUT2D eigenvalue weighted by atomic mass is 10.2. The Morgan fingerprint density at radius 1 is 1.46 bits per heavy atom. The number of rotatable bonds is 4. The SMILES string of the molecule is O=C(O)Cc1ccc(CC2CC2)o1. The number of furan rings is 1. The molecule has 0 radical (unpaired) electrons. The summed E-state index contributed by atoms with van der Waals surface area (Å²) in [4.78, 5) is 10.4. The number of hydrogen-bond donors (Lipinski definition) is 1. The van der Waals surface area contributed by atoms with Crippen LogP contribution in [0.25, 0.3) is 0 Å². The normalized spacial score (nSPS) is 16.0. The maximum absolute atomic E-state index is 10.4. The Morgan fingerprint density at radius 3 is 2.77 bits per heavy atom. The fraction of sp³-hybridized carbons (Fsp3) is 0.500. The van der Waals surface area contributed by atoms with Crippen LogP contribution in [0.3, 0.4) is 0 Å². The van der Waals surface area contributed by atoms with Gasteiger partial charge in [-0.2, -0.15) is 0 Å². The summed E-state index contributed by atoms with van der Waals surface area (Å²) < 4.78 is 5.36. The number of carbonyl (C=O) groups is 1. The third-order valence-corrected chi connectivity index (χ3v) is 2.23. The van der Waals surface area contributed by atoms with E-state index in [1.54, 1.807) is 6.07 Å². The van der Waals surface area contributed by atoms with E-state index in [1.807, 2.05) is 6.07 Å². The molecule has 0 unspecified atom stereocenters. The van der Waals surface area contributed by atoms with E-state index < -0.39 is 5.97 Å². The molecular formula is C10H12O3. The monoisotopic (exact) mass is 180 g/mol. The van der Waals surface area contributed by atoms with Gasteiger partial charge in [0.2, 0.25) is 0 Å². The van der Waals surface area contributed by atoms with Gasteiger partial charge >= 0.3 is 5.97 Å². The summed E-state index contributed by atoms with van der Waals surface area (Å²) >= 11 is 0. The molecular weight excluding hydrogens is 168 g/mol. The molecule has 70 valence electrons. The minimum Gasteiger partial charge on any atom is -0.481 e. The molecule has 1 heterocycles. The van der Waals surface area contributed by atoms with E-state index in [0.29, 0.717) is 5.76 Å². The zero-order chi connectivity index (χ0) is 9.26. The fourth-order valence-electron chi connectivity index (χ4n) is 1.38. The van der Waals surface area contributed by atoms with Crippen LogP contribution in [-0.4, -0.2) is 11.1 Å². The molecule has 1 saturated carbocycles. The van der Waals surface area contributed by atoms with Crippen LogP contribution in [0.15, 0.2) is 16.5 Å². The van der Waals surface area contributed by atoms with E-state index >= 15 is 0 Å². The van der Waals surface area contributed by atoms with E-state index in [2.05, 4.69) is 0 Å². The Bertz CT molecular complexity index is 310. The van der Waals surface area contributed by atoms with Crippen LogP contribution in [0.4, 0.5) is 0 Å². The van der Waals surface area contributed by atoms with Crippen LogP contribution in [0, 0.1) is 5.92 Å². The highest BCUT2D eigenvalue weighted by Crippen LogP contribution is 2.32. The highest BCUT2D eigenvalue weighted by Gasteiger charge is 2.23. The van der Waals surface area contributed by atoms with E-state index in [-0.39, 0.29) is 6.42 Å². The maximum atomic E-state index is 10.4. The molecule has 1 fully saturated rings. The second kappa shape index (κ2) is 3.24. The van der Waals surface area contributed by atoms with Gasteiger partial charge in [-0.1, -0.05) is 0 Å². The lowest BCUT2D eigenvalue weighted by molar-refractivity contribution is -0.136. The van der Waals surface area contributed by atoms with Gasteiger partial charge in [0.15, 0.2) is 0 Å². The second-order valence-corrected chi connectivity index (χ2v) is 3.59. The summed E-state index contributed by atoms with van der Waals surface area (Å²) in [5, 5.41) is 8.51. The maximum Gasteiger partial charge on any atom is 0.311 e. The smallest absolute Gasteiger partial charge is 0.311 e. The quantitative estimate of drug-likeness (QED) is 0.769. The van der Waals surface area contributed by atoms with Crippen molar-refractivity contribution in [1.29, 1.82) is 0 Å². The number of carboxylic acids is 1. The molecule has 0 spiro atoms. The van der Waals surface area contributed by atoms with Gasteiger partial charge in [-0.15, -0.1) is 0 Å². The standard InChI is InChI=1S/C10H12O3/c11-10(12)6-9-4-3-8(13-9)5-7-1-2-7/h3-4,7H,1-2,5-6H2,(H,11,12). The van der Waals surface area contributed by atoms with Gasteiger partial charge < -0.3 is 9.52 Å². The van der Waals surface area contributed by atoms with Crippen molar-refractivity contribution in [3.8, 4) is 0 Å². The minimum atomic E-state index is -0.840. The molecule has 0 aliphatic heterocycles. The Kier molecular flexibility index (Phi) is 2.08. The highest BCUT2D eigenvalue weighted by molar-refractivity contribution is 5.69. The second-order valence-electron chi connectivity index (χ2n) is 3.59.